The molecule has 3 atom stereocenters. The van der Waals surface area contributed by atoms with Crippen LogP contribution < -0.4 is 5.32 Å². The second-order valence-electron chi connectivity index (χ2n) is 4.76. The number of aliphatic carboxylic acids is 1. The fraction of sp³-hybridized carbons (Fsp3) is 0.846. The van der Waals surface area contributed by atoms with Gasteiger partial charge in [0.2, 0.25) is 5.91 Å². The molecule has 1 aliphatic rings. The van der Waals surface area contributed by atoms with Crippen LogP contribution in [0.2, 0.25) is 0 Å². The van der Waals surface area contributed by atoms with Crippen molar-refractivity contribution in [1.29, 1.82) is 0 Å². The van der Waals surface area contributed by atoms with Gasteiger partial charge in [0.25, 0.3) is 0 Å². The number of nitrogens with one attached hydrogen (secondary N) is 1. The van der Waals surface area contributed by atoms with Crippen LogP contribution in [0.25, 0.3) is 0 Å². The van der Waals surface area contributed by atoms with E-state index >= 15 is 0 Å². The molecule has 0 spiro atoms. The number of carbonyl (C=O) groups is 2. The minimum atomic E-state index is -0.780. The summed E-state index contributed by atoms with van der Waals surface area (Å²) >= 11 is 0. The standard InChI is InChI=1S/C13H23NO5/c1-3-18-6-7-19-9(2)12(15)14-11-5-4-10(8-11)13(16)17/h9-11H,3-8H2,1-2H3,(H,14,15)(H,16,17)/t9?,10-,11+/m0/s1. The molecular weight excluding hydrogens is 250 g/mol. The Balaban J connectivity index is 2.21. The molecule has 0 aromatic rings. The Morgan fingerprint density at radius 1 is 1.37 bits per heavy atom. The first-order valence-electron chi connectivity index (χ1n) is 6.77. The zero-order valence-electron chi connectivity index (χ0n) is 11.6. The lowest BCUT2D eigenvalue weighted by atomic mass is 10.1. The molecule has 19 heavy (non-hydrogen) atoms. The summed E-state index contributed by atoms with van der Waals surface area (Å²) in [6.45, 7) is 5.06. The summed E-state index contributed by atoms with van der Waals surface area (Å²) in [5.41, 5.74) is 0. The lowest BCUT2D eigenvalue weighted by molar-refractivity contribution is -0.141. The maximum absolute atomic E-state index is 11.8. The molecule has 1 fully saturated rings. The van der Waals surface area contributed by atoms with Gasteiger partial charge in [0.1, 0.15) is 6.10 Å². The minimum Gasteiger partial charge on any atom is -0.481 e. The van der Waals surface area contributed by atoms with E-state index in [2.05, 4.69) is 5.32 Å². The number of hydrogen-bond acceptors (Lipinski definition) is 4. The van der Waals surface area contributed by atoms with Gasteiger partial charge in [-0.05, 0) is 33.1 Å². The summed E-state index contributed by atoms with van der Waals surface area (Å²) in [6, 6.07) is -0.0495. The molecule has 1 amide bonds. The second-order valence-corrected chi connectivity index (χ2v) is 4.76. The molecular formula is C13H23NO5. The molecule has 0 heterocycles. The molecule has 1 rings (SSSR count). The molecule has 0 aliphatic heterocycles. The molecule has 0 aromatic carbocycles. The van der Waals surface area contributed by atoms with Gasteiger partial charge in [-0.15, -0.1) is 0 Å². The molecule has 6 nitrogen and oxygen atoms in total. The van der Waals surface area contributed by atoms with E-state index in [0.717, 1.165) is 0 Å². The van der Waals surface area contributed by atoms with Gasteiger partial charge < -0.3 is 19.9 Å². The van der Waals surface area contributed by atoms with Crippen molar-refractivity contribution in [2.45, 2.75) is 45.3 Å². The maximum atomic E-state index is 11.8. The number of rotatable bonds is 8. The molecule has 0 bridgehead atoms. The van der Waals surface area contributed by atoms with Crippen molar-refractivity contribution >= 4 is 11.9 Å². The Kier molecular flexibility index (Phi) is 6.80. The Morgan fingerprint density at radius 3 is 2.68 bits per heavy atom. The monoisotopic (exact) mass is 273 g/mol. The van der Waals surface area contributed by atoms with Gasteiger partial charge in [-0.25, -0.2) is 0 Å². The molecule has 1 aliphatic carbocycles. The van der Waals surface area contributed by atoms with Crippen LogP contribution in [0.4, 0.5) is 0 Å². The normalized spacial score (nSPS) is 24.1. The van der Waals surface area contributed by atoms with Crippen molar-refractivity contribution in [3.05, 3.63) is 0 Å². The van der Waals surface area contributed by atoms with Crippen molar-refractivity contribution in [2.24, 2.45) is 5.92 Å². The van der Waals surface area contributed by atoms with Gasteiger partial charge in [0.15, 0.2) is 0 Å². The van der Waals surface area contributed by atoms with Crippen molar-refractivity contribution < 1.29 is 24.2 Å². The highest BCUT2D eigenvalue weighted by Gasteiger charge is 2.31. The first-order chi connectivity index (χ1) is 9.04. The first kappa shape index (κ1) is 15.9. The maximum Gasteiger partial charge on any atom is 0.306 e. The number of carboxylic acid groups (broad SMARTS) is 1. The van der Waals surface area contributed by atoms with Gasteiger partial charge in [-0.1, -0.05) is 0 Å². The van der Waals surface area contributed by atoms with Gasteiger partial charge in [0.05, 0.1) is 19.1 Å². The van der Waals surface area contributed by atoms with E-state index in [4.69, 9.17) is 14.6 Å². The number of ether oxygens (including phenoxy) is 2. The van der Waals surface area contributed by atoms with Crippen LogP contribution in [0.5, 0.6) is 0 Å². The third-order valence-corrected chi connectivity index (χ3v) is 3.30. The summed E-state index contributed by atoms with van der Waals surface area (Å²) in [4.78, 5) is 22.6. The molecule has 1 unspecified atom stereocenters. The van der Waals surface area contributed by atoms with E-state index < -0.39 is 12.1 Å². The van der Waals surface area contributed by atoms with E-state index in [0.29, 0.717) is 39.1 Å². The van der Waals surface area contributed by atoms with Crippen LogP contribution in [0, 0.1) is 5.92 Å². The number of amides is 1. The van der Waals surface area contributed by atoms with Crippen LogP contribution in [0.3, 0.4) is 0 Å². The predicted molar refractivity (Wildman–Crippen MR) is 68.8 cm³/mol. The lowest BCUT2D eigenvalue weighted by Gasteiger charge is -2.17. The Bertz CT molecular complexity index is 307. The van der Waals surface area contributed by atoms with Gasteiger partial charge >= 0.3 is 5.97 Å². The van der Waals surface area contributed by atoms with Crippen LogP contribution in [0.15, 0.2) is 0 Å². The van der Waals surface area contributed by atoms with E-state index in [1.54, 1.807) is 6.92 Å². The topological polar surface area (TPSA) is 84.9 Å². The van der Waals surface area contributed by atoms with Crippen molar-refractivity contribution in [3.63, 3.8) is 0 Å². The zero-order valence-corrected chi connectivity index (χ0v) is 11.6. The quantitative estimate of drug-likeness (QED) is 0.639. The molecule has 2 N–H and O–H groups in total. The highest BCUT2D eigenvalue weighted by Crippen LogP contribution is 2.25. The van der Waals surface area contributed by atoms with Crippen molar-refractivity contribution in [2.75, 3.05) is 19.8 Å². The van der Waals surface area contributed by atoms with Crippen molar-refractivity contribution in [1.82, 2.24) is 5.32 Å². The SMILES string of the molecule is CCOCCOC(C)C(=O)N[C@@H]1CC[C@H](C(=O)O)C1. The molecule has 0 radical (unpaired) electrons. The Hall–Kier alpha value is -1.14. The third-order valence-electron chi connectivity index (χ3n) is 3.30. The summed E-state index contributed by atoms with van der Waals surface area (Å²) in [5, 5.41) is 11.7. The predicted octanol–water partition coefficient (Wildman–Crippen LogP) is 0.798. The fourth-order valence-electron chi connectivity index (χ4n) is 2.16. The Morgan fingerprint density at radius 2 is 2.11 bits per heavy atom. The average Bonchev–Trinajstić information content (AvgIpc) is 2.83. The Labute approximate surface area is 113 Å². The van der Waals surface area contributed by atoms with E-state index in [1.165, 1.54) is 0 Å². The van der Waals surface area contributed by atoms with Crippen LogP contribution in [-0.4, -0.2) is 48.9 Å². The largest absolute Gasteiger partial charge is 0.481 e. The smallest absolute Gasteiger partial charge is 0.306 e. The highest BCUT2D eigenvalue weighted by molar-refractivity contribution is 5.80. The van der Waals surface area contributed by atoms with Crippen LogP contribution >= 0.6 is 0 Å². The second kappa shape index (κ2) is 8.12. The van der Waals surface area contributed by atoms with E-state index in [9.17, 15) is 9.59 Å². The van der Waals surface area contributed by atoms with E-state index in [1.807, 2.05) is 6.92 Å². The number of carboxylic acids is 1. The highest BCUT2D eigenvalue weighted by atomic mass is 16.5. The van der Waals surface area contributed by atoms with Crippen molar-refractivity contribution in [3.8, 4) is 0 Å². The lowest BCUT2D eigenvalue weighted by Crippen LogP contribution is -2.40. The van der Waals surface area contributed by atoms with E-state index in [-0.39, 0.29) is 17.9 Å². The first-order valence-corrected chi connectivity index (χ1v) is 6.77. The fourth-order valence-corrected chi connectivity index (χ4v) is 2.16. The summed E-state index contributed by atoms with van der Waals surface area (Å²) in [6.07, 6.45) is 1.31. The average molecular weight is 273 g/mol. The van der Waals surface area contributed by atoms with Crippen LogP contribution in [-0.2, 0) is 19.1 Å². The zero-order chi connectivity index (χ0) is 14.3. The molecule has 1 saturated carbocycles. The minimum absolute atomic E-state index is 0.0495. The van der Waals surface area contributed by atoms with Gasteiger partial charge in [0, 0.05) is 12.6 Å². The summed E-state index contributed by atoms with van der Waals surface area (Å²) in [7, 11) is 0. The number of hydrogen-bond donors (Lipinski definition) is 2. The van der Waals surface area contributed by atoms with Crippen LogP contribution in [0.1, 0.15) is 33.1 Å². The van der Waals surface area contributed by atoms with Gasteiger partial charge in [-0.2, -0.15) is 0 Å². The molecule has 110 valence electrons. The molecule has 6 heteroatoms. The summed E-state index contributed by atoms with van der Waals surface area (Å²) < 4.78 is 10.5. The number of carbonyl (C=O) groups excluding carboxylic acids is 1. The summed E-state index contributed by atoms with van der Waals surface area (Å²) in [5.74, 6) is -1.30. The molecule has 0 saturated heterocycles. The third kappa shape index (κ3) is 5.57. The molecule has 0 aromatic heterocycles. The van der Waals surface area contributed by atoms with Gasteiger partial charge in [-0.3, -0.25) is 9.59 Å².